The van der Waals surface area contributed by atoms with E-state index in [0.29, 0.717) is 17.1 Å². The summed E-state index contributed by atoms with van der Waals surface area (Å²) in [5.41, 5.74) is 7.50. The maximum atomic E-state index is 11.9. The highest BCUT2D eigenvalue weighted by molar-refractivity contribution is 7.18. The van der Waals surface area contributed by atoms with Crippen LogP contribution in [0.1, 0.15) is 15.2 Å². The van der Waals surface area contributed by atoms with Crippen LogP contribution in [-0.2, 0) is 6.54 Å². The number of methoxy groups -OCH3 is 1. The van der Waals surface area contributed by atoms with Crippen molar-refractivity contribution in [1.29, 1.82) is 0 Å². The molecule has 112 valence electrons. The number of thiophene rings is 1. The van der Waals surface area contributed by atoms with Crippen molar-refractivity contribution >= 4 is 27.9 Å². The van der Waals surface area contributed by atoms with Crippen LogP contribution >= 0.6 is 11.3 Å². The van der Waals surface area contributed by atoms with Gasteiger partial charge in [0.05, 0.1) is 17.8 Å². The lowest BCUT2D eigenvalue weighted by atomic mass is 10.2. The summed E-state index contributed by atoms with van der Waals surface area (Å²) in [6, 6.07) is 9.62. The predicted octanol–water partition coefficient (Wildman–Crippen LogP) is 2.65. The number of benzene rings is 1. The van der Waals surface area contributed by atoms with E-state index in [4.69, 9.17) is 10.5 Å². The first-order valence-electron chi connectivity index (χ1n) is 6.49. The number of nitrogens with one attached hydrogen (secondary N) is 1. The number of hydrogen-bond acceptors (Lipinski definition) is 5. The number of carbonyl (C=O) groups excluding carboxylic acids is 1. The van der Waals surface area contributed by atoms with Gasteiger partial charge < -0.3 is 20.7 Å². The van der Waals surface area contributed by atoms with Gasteiger partial charge in [-0.05, 0) is 23.8 Å². The average molecular weight is 305 g/mol. The minimum Gasteiger partial charge on any atom is -0.497 e. The van der Waals surface area contributed by atoms with E-state index < -0.39 is 0 Å². The van der Waals surface area contributed by atoms with Crippen molar-refractivity contribution in [2.24, 2.45) is 0 Å². The van der Waals surface area contributed by atoms with E-state index in [-0.39, 0.29) is 5.91 Å². The number of nitrogens with zero attached hydrogens (tertiary/aromatic N) is 1. The molecule has 1 aromatic carbocycles. The summed E-state index contributed by atoms with van der Waals surface area (Å²) in [5, 5.41) is 4.15. The number of ether oxygens (including phenoxy) is 1. The van der Waals surface area contributed by atoms with Gasteiger partial charge in [0.2, 0.25) is 0 Å². The van der Waals surface area contributed by atoms with Crippen LogP contribution in [0.4, 0.5) is 10.7 Å². The van der Waals surface area contributed by atoms with E-state index in [2.05, 4.69) is 5.32 Å². The van der Waals surface area contributed by atoms with Crippen LogP contribution in [0.15, 0.2) is 30.3 Å². The standard InChI is InChI=1S/C15H19N3O2S/c1-18(2)15(19)14-12(16)8-13(21-14)17-9-10-5-4-6-11(7-10)20-3/h4-8,17H,9,16H2,1-3H3. The molecule has 0 saturated carbocycles. The highest BCUT2D eigenvalue weighted by atomic mass is 32.1. The van der Waals surface area contributed by atoms with Crippen LogP contribution in [-0.4, -0.2) is 32.0 Å². The summed E-state index contributed by atoms with van der Waals surface area (Å²) >= 11 is 1.37. The van der Waals surface area contributed by atoms with Crippen molar-refractivity contribution in [3.63, 3.8) is 0 Å². The predicted molar refractivity (Wildman–Crippen MR) is 87.1 cm³/mol. The van der Waals surface area contributed by atoms with Crippen LogP contribution in [0.3, 0.4) is 0 Å². The summed E-state index contributed by atoms with van der Waals surface area (Å²) in [7, 11) is 5.07. The van der Waals surface area contributed by atoms with Gasteiger partial charge in [-0.15, -0.1) is 11.3 Å². The van der Waals surface area contributed by atoms with Gasteiger partial charge in [0.15, 0.2) is 0 Å². The molecule has 5 nitrogen and oxygen atoms in total. The minimum atomic E-state index is -0.0769. The number of anilines is 2. The largest absolute Gasteiger partial charge is 0.497 e. The van der Waals surface area contributed by atoms with Crippen LogP contribution in [0, 0.1) is 0 Å². The van der Waals surface area contributed by atoms with Crippen LogP contribution in [0.2, 0.25) is 0 Å². The Balaban J connectivity index is 2.07. The molecule has 0 aliphatic heterocycles. The Morgan fingerprint density at radius 1 is 1.38 bits per heavy atom. The van der Waals surface area contributed by atoms with Gasteiger partial charge in [-0.1, -0.05) is 12.1 Å². The normalized spacial score (nSPS) is 10.2. The number of carbonyl (C=O) groups is 1. The fourth-order valence-electron chi connectivity index (χ4n) is 1.83. The smallest absolute Gasteiger partial charge is 0.265 e. The molecule has 0 spiro atoms. The first-order valence-corrected chi connectivity index (χ1v) is 7.30. The maximum absolute atomic E-state index is 11.9. The summed E-state index contributed by atoms with van der Waals surface area (Å²) in [6.07, 6.45) is 0. The highest BCUT2D eigenvalue weighted by Gasteiger charge is 2.15. The first kappa shape index (κ1) is 15.2. The SMILES string of the molecule is COc1cccc(CNc2cc(N)c(C(=O)N(C)C)s2)c1. The molecular weight excluding hydrogens is 286 g/mol. The number of nitrogen functional groups attached to an aromatic ring is 1. The summed E-state index contributed by atoms with van der Waals surface area (Å²) in [5.74, 6) is 0.746. The maximum Gasteiger partial charge on any atom is 0.265 e. The Morgan fingerprint density at radius 2 is 2.14 bits per heavy atom. The quantitative estimate of drug-likeness (QED) is 0.891. The third-order valence-corrected chi connectivity index (χ3v) is 4.06. The monoisotopic (exact) mass is 305 g/mol. The number of hydrogen-bond donors (Lipinski definition) is 2. The Hall–Kier alpha value is -2.21. The van der Waals surface area contributed by atoms with E-state index in [9.17, 15) is 4.79 Å². The molecule has 2 aromatic rings. The van der Waals surface area contributed by atoms with Gasteiger partial charge in [-0.2, -0.15) is 0 Å². The zero-order valence-corrected chi connectivity index (χ0v) is 13.2. The van der Waals surface area contributed by atoms with Gasteiger partial charge in [0.1, 0.15) is 10.6 Å². The van der Waals surface area contributed by atoms with Crippen LogP contribution in [0.5, 0.6) is 5.75 Å². The van der Waals surface area contributed by atoms with E-state index in [1.807, 2.05) is 24.3 Å². The van der Waals surface area contributed by atoms with Crippen molar-refractivity contribution in [3.8, 4) is 5.75 Å². The molecule has 0 unspecified atom stereocenters. The van der Waals surface area contributed by atoms with Gasteiger partial charge >= 0.3 is 0 Å². The molecule has 1 amide bonds. The van der Waals surface area contributed by atoms with E-state index >= 15 is 0 Å². The second-order valence-corrected chi connectivity index (χ2v) is 5.85. The van der Waals surface area contributed by atoms with Gasteiger partial charge in [-0.3, -0.25) is 4.79 Å². The van der Waals surface area contributed by atoms with Gasteiger partial charge in [0, 0.05) is 20.6 Å². The van der Waals surface area contributed by atoms with Crippen molar-refractivity contribution < 1.29 is 9.53 Å². The Labute approximate surface area is 128 Å². The second kappa shape index (κ2) is 6.49. The molecular formula is C15H19N3O2S. The fourth-order valence-corrected chi connectivity index (χ4v) is 2.83. The zero-order chi connectivity index (χ0) is 15.4. The van der Waals surface area contributed by atoms with E-state index in [1.54, 1.807) is 27.3 Å². The highest BCUT2D eigenvalue weighted by Crippen LogP contribution is 2.30. The lowest BCUT2D eigenvalue weighted by molar-refractivity contribution is 0.0833. The summed E-state index contributed by atoms with van der Waals surface area (Å²) in [6.45, 7) is 0.646. The molecule has 0 bridgehead atoms. The van der Waals surface area contributed by atoms with Crippen molar-refractivity contribution in [2.75, 3.05) is 32.3 Å². The van der Waals surface area contributed by atoms with Crippen LogP contribution in [0.25, 0.3) is 0 Å². The fraction of sp³-hybridized carbons (Fsp3) is 0.267. The van der Waals surface area contributed by atoms with Crippen molar-refractivity contribution in [1.82, 2.24) is 4.90 Å². The molecule has 0 fully saturated rings. The molecule has 0 aliphatic rings. The molecule has 1 heterocycles. The molecule has 1 aromatic heterocycles. The lowest BCUT2D eigenvalue weighted by Gasteiger charge is -2.08. The summed E-state index contributed by atoms with van der Waals surface area (Å²) in [4.78, 5) is 14.0. The lowest BCUT2D eigenvalue weighted by Crippen LogP contribution is -2.21. The first-order chi connectivity index (χ1) is 10.0. The Kier molecular flexibility index (Phi) is 4.70. The third kappa shape index (κ3) is 3.66. The Morgan fingerprint density at radius 3 is 2.81 bits per heavy atom. The molecule has 6 heteroatoms. The number of rotatable bonds is 5. The average Bonchev–Trinajstić information content (AvgIpc) is 2.85. The number of amides is 1. The molecule has 0 saturated heterocycles. The minimum absolute atomic E-state index is 0.0769. The van der Waals surface area contributed by atoms with Crippen molar-refractivity contribution in [3.05, 3.63) is 40.8 Å². The molecule has 0 aliphatic carbocycles. The zero-order valence-electron chi connectivity index (χ0n) is 12.3. The van der Waals surface area contributed by atoms with Crippen LogP contribution < -0.4 is 15.8 Å². The molecule has 3 N–H and O–H groups in total. The molecule has 2 rings (SSSR count). The third-order valence-electron chi connectivity index (χ3n) is 2.96. The molecule has 0 atom stereocenters. The van der Waals surface area contributed by atoms with Gasteiger partial charge in [-0.25, -0.2) is 0 Å². The van der Waals surface area contributed by atoms with E-state index in [0.717, 1.165) is 16.3 Å². The topological polar surface area (TPSA) is 67.6 Å². The van der Waals surface area contributed by atoms with Crippen molar-refractivity contribution in [2.45, 2.75) is 6.54 Å². The number of nitrogens with two attached hydrogens (primary N) is 1. The molecule has 0 radical (unpaired) electrons. The van der Waals surface area contributed by atoms with E-state index in [1.165, 1.54) is 16.2 Å². The molecule has 21 heavy (non-hydrogen) atoms. The van der Waals surface area contributed by atoms with Gasteiger partial charge in [0.25, 0.3) is 5.91 Å². The summed E-state index contributed by atoms with van der Waals surface area (Å²) < 4.78 is 5.19. The second-order valence-electron chi connectivity index (χ2n) is 4.80. The Bertz CT molecular complexity index is 638.